The molecule has 0 bridgehead atoms. The van der Waals surface area contributed by atoms with E-state index in [1.807, 2.05) is 18.0 Å². The molecular formula is C10H15N3O2S. The van der Waals surface area contributed by atoms with Crippen LogP contribution in [0.1, 0.15) is 6.42 Å². The van der Waals surface area contributed by atoms with Gasteiger partial charge in [-0.2, -0.15) is 0 Å². The summed E-state index contributed by atoms with van der Waals surface area (Å²) in [6.07, 6.45) is 2.28. The molecule has 1 aromatic rings. The fourth-order valence-electron chi connectivity index (χ4n) is 1.98. The number of rotatable bonds is 2. The SMILES string of the molecule is CN(c1cccnc1N)C1CCS(=O)(=O)C1. The molecule has 0 aromatic carbocycles. The van der Waals surface area contributed by atoms with Crippen LogP contribution in [0.15, 0.2) is 18.3 Å². The second-order valence-electron chi connectivity index (χ2n) is 4.08. The molecule has 2 N–H and O–H groups in total. The molecule has 16 heavy (non-hydrogen) atoms. The van der Waals surface area contributed by atoms with Crippen LogP contribution in [0.25, 0.3) is 0 Å². The lowest BCUT2D eigenvalue weighted by atomic mass is 10.2. The Bertz CT molecular complexity index is 487. The van der Waals surface area contributed by atoms with E-state index in [4.69, 9.17) is 5.73 Å². The van der Waals surface area contributed by atoms with E-state index in [1.165, 1.54) is 0 Å². The minimum atomic E-state index is -2.86. The number of nitrogens with zero attached hydrogens (tertiary/aromatic N) is 2. The van der Waals surface area contributed by atoms with Crippen LogP contribution >= 0.6 is 0 Å². The monoisotopic (exact) mass is 241 g/mol. The summed E-state index contributed by atoms with van der Waals surface area (Å²) in [6, 6.07) is 3.66. The highest BCUT2D eigenvalue weighted by Gasteiger charge is 2.31. The second kappa shape index (κ2) is 3.93. The molecule has 1 aliphatic heterocycles. The summed E-state index contributed by atoms with van der Waals surface area (Å²) in [5.74, 6) is 0.911. The molecular weight excluding hydrogens is 226 g/mol. The maximum atomic E-state index is 11.4. The highest BCUT2D eigenvalue weighted by Crippen LogP contribution is 2.25. The van der Waals surface area contributed by atoms with Crippen molar-refractivity contribution in [2.45, 2.75) is 12.5 Å². The predicted molar refractivity (Wildman–Crippen MR) is 64.1 cm³/mol. The van der Waals surface area contributed by atoms with Crippen molar-refractivity contribution in [2.75, 3.05) is 29.2 Å². The van der Waals surface area contributed by atoms with Crippen LogP contribution in [0.2, 0.25) is 0 Å². The minimum absolute atomic E-state index is 0.0106. The van der Waals surface area contributed by atoms with Gasteiger partial charge >= 0.3 is 0 Å². The van der Waals surface area contributed by atoms with Gasteiger partial charge in [-0.15, -0.1) is 0 Å². The Kier molecular flexibility index (Phi) is 2.75. The van der Waals surface area contributed by atoms with Crippen molar-refractivity contribution in [3.8, 4) is 0 Å². The molecule has 0 amide bonds. The Hall–Kier alpha value is -1.30. The van der Waals surface area contributed by atoms with E-state index in [1.54, 1.807) is 12.3 Å². The Morgan fingerprint density at radius 2 is 2.31 bits per heavy atom. The molecule has 1 fully saturated rings. The minimum Gasteiger partial charge on any atom is -0.382 e. The first-order chi connectivity index (χ1) is 7.49. The zero-order chi connectivity index (χ0) is 11.8. The molecule has 0 saturated carbocycles. The molecule has 6 heteroatoms. The van der Waals surface area contributed by atoms with E-state index in [0.29, 0.717) is 12.2 Å². The van der Waals surface area contributed by atoms with Gasteiger partial charge in [0.15, 0.2) is 9.84 Å². The van der Waals surface area contributed by atoms with Gasteiger partial charge in [0.25, 0.3) is 0 Å². The van der Waals surface area contributed by atoms with Gasteiger partial charge in [-0.25, -0.2) is 13.4 Å². The summed E-state index contributed by atoms with van der Waals surface area (Å²) in [5, 5.41) is 0. The Labute approximate surface area is 95.2 Å². The third-order valence-corrected chi connectivity index (χ3v) is 4.70. The first-order valence-corrected chi connectivity index (χ1v) is 6.95. The van der Waals surface area contributed by atoms with E-state index >= 15 is 0 Å². The molecule has 1 atom stereocenters. The summed E-state index contributed by atoms with van der Waals surface area (Å²) >= 11 is 0. The summed E-state index contributed by atoms with van der Waals surface area (Å²) in [6.45, 7) is 0. The van der Waals surface area contributed by atoms with E-state index < -0.39 is 9.84 Å². The van der Waals surface area contributed by atoms with Crippen molar-refractivity contribution in [3.05, 3.63) is 18.3 Å². The van der Waals surface area contributed by atoms with Gasteiger partial charge < -0.3 is 10.6 Å². The first-order valence-electron chi connectivity index (χ1n) is 5.13. The number of sulfone groups is 1. The lowest BCUT2D eigenvalue weighted by molar-refractivity contribution is 0.601. The van der Waals surface area contributed by atoms with Crippen LogP contribution in [0, 0.1) is 0 Å². The Morgan fingerprint density at radius 3 is 2.88 bits per heavy atom. The van der Waals surface area contributed by atoms with Crippen LogP contribution in [-0.2, 0) is 9.84 Å². The number of nitrogen functional groups attached to an aromatic ring is 1. The summed E-state index contributed by atoms with van der Waals surface area (Å²) in [7, 11) is -1.00. The molecule has 1 aliphatic rings. The maximum Gasteiger partial charge on any atom is 0.152 e. The molecule has 0 radical (unpaired) electrons. The first kappa shape index (κ1) is 11.2. The number of pyridine rings is 1. The molecule has 5 nitrogen and oxygen atoms in total. The highest BCUT2D eigenvalue weighted by atomic mass is 32.2. The second-order valence-corrected chi connectivity index (χ2v) is 6.30. The molecule has 2 heterocycles. The molecule has 2 rings (SSSR count). The Morgan fingerprint density at radius 1 is 1.56 bits per heavy atom. The number of hydrogen-bond donors (Lipinski definition) is 1. The fraction of sp³-hybridized carbons (Fsp3) is 0.500. The normalized spacial score (nSPS) is 23.2. The molecule has 1 unspecified atom stereocenters. The van der Waals surface area contributed by atoms with Crippen LogP contribution in [0.4, 0.5) is 11.5 Å². The molecule has 1 aromatic heterocycles. The van der Waals surface area contributed by atoms with Crippen molar-refractivity contribution in [3.63, 3.8) is 0 Å². The summed E-state index contributed by atoms with van der Waals surface area (Å²) in [5.41, 5.74) is 6.55. The third-order valence-electron chi connectivity index (χ3n) is 2.95. The summed E-state index contributed by atoms with van der Waals surface area (Å²) < 4.78 is 22.8. The summed E-state index contributed by atoms with van der Waals surface area (Å²) in [4.78, 5) is 5.90. The number of nitrogens with two attached hydrogens (primary N) is 1. The maximum absolute atomic E-state index is 11.4. The van der Waals surface area contributed by atoms with Crippen LogP contribution < -0.4 is 10.6 Å². The fourth-order valence-corrected chi connectivity index (χ4v) is 3.76. The third kappa shape index (κ3) is 2.11. The van der Waals surface area contributed by atoms with Crippen LogP contribution in [0.3, 0.4) is 0 Å². The van der Waals surface area contributed by atoms with Crippen molar-refractivity contribution >= 4 is 21.3 Å². The lowest BCUT2D eigenvalue weighted by Gasteiger charge is -2.26. The molecule has 0 spiro atoms. The van der Waals surface area contributed by atoms with E-state index in [9.17, 15) is 8.42 Å². The van der Waals surface area contributed by atoms with Crippen molar-refractivity contribution < 1.29 is 8.42 Å². The van der Waals surface area contributed by atoms with Crippen LogP contribution in [-0.4, -0.2) is 38.0 Å². The van der Waals surface area contributed by atoms with Gasteiger partial charge in [-0.1, -0.05) is 0 Å². The topological polar surface area (TPSA) is 76.3 Å². The number of anilines is 2. The predicted octanol–water partition coefficient (Wildman–Crippen LogP) is 0.287. The van der Waals surface area contributed by atoms with Gasteiger partial charge in [0.05, 0.1) is 17.2 Å². The smallest absolute Gasteiger partial charge is 0.152 e. The standard InChI is InChI=1S/C10H15N3O2S/c1-13(8-4-6-16(14,15)7-8)9-3-2-5-12-10(9)11/h2-3,5,8H,4,6-7H2,1H3,(H2,11,12). The zero-order valence-corrected chi connectivity index (χ0v) is 9.94. The van der Waals surface area contributed by atoms with Crippen molar-refractivity contribution in [1.82, 2.24) is 4.98 Å². The average Bonchev–Trinajstić information content (AvgIpc) is 2.59. The van der Waals surface area contributed by atoms with E-state index in [0.717, 1.165) is 5.69 Å². The van der Waals surface area contributed by atoms with Crippen molar-refractivity contribution in [2.24, 2.45) is 0 Å². The van der Waals surface area contributed by atoms with Gasteiger partial charge in [0.2, 0.25) is 0 Å². The van der Waals surface area contributed by atoms with Gasteiger partial charge in [0, 0.05) is 19.3 Å². The lowest BCUT2D eigenvalue weighted by Crippen LogP contribution is -2.33. The number of aromatic nitrogens is 1. The van der Waals surface area contributed by atoms with Gasteiger partial charge in [-0.05, 0) is 18.6 Å². The number of hydrogen-bond acceptors (Lipinski definition) is 5. The molecule has 0 aliphatic carbocycles. The molecule has 1 saturated heterocycles. The van der Waals surface area contributed by atoms with E-state index in [2.05, 4.69) is 4.98 Å². The van der Waals surface area contributed by atoms with E-state index in [-0.39, 0.29) is 17.5 Å². The quantitative estimate of drug-likeness (QED) is 0.805. The average molecular weight is 241 g/mol. The van der Waals surface area contributed by atoms with Gasteiger partial charge in [-0.3, -0.25) is 0 Å². The van der Waals surface area contributed by atoms with Crippen LogP contribution in [0.5, 0.6) is 0 Å². The largest absolute Gasteiger partial charge is 0.382 e. The zero-order valence-electron chi connectivity index (χ0n) is 9.13. The van der Waals surface area contributed by atoms with Gasteiger partial charge in [0.1, 0.15) is 5.82 Å². The van der Waals surface area contributed by atoms with Crippen molar-refractivity contribution in [1.29, 1.82) is 0 Å². The highest BCUT2D eigenvalue weighted by molar-refractivity contribution is 7.91. The Balaban J connectivity index is 2.21. The molecule has 88 valence electrons.